The fourth-order valence-corrected chi connectivity index (χ4v) is 2.27. The molecule has 1 heterocycles. The normalized spacial score (nSPS) is 23.4. The summed E-state index contributed by atoms with van der Waals surface area (Å²) in [4.78, 5) is 12.5. The van der Waals surface area contributed by atoms with Crippen molar-refractivity contribution in [1.82, 2.24) is 0 Å². The van der Waals surface area contributed by atoms with E-state index in [9.17, 15) is 18.0 Å². The highest BCUT2D eigenvalue weighted by Crippen LogP contribution is 2.33. The van der Waals surface area contributed by atoms with Crippen LogP contribution >= 0.6 is 0 Å². The third kappa shape index (κ3) is 3.30. The molecule has 6 heteroatoms. The first-order valence-electron chi connectivity index (χ1n) is 6.35. The van der Waals surface area contributed by atoms with E-state index in [2.05, 4.69) is 4.74 Å². The number of benzene rings is 1. The van der Waals surface area contributed by atoms with E-state index in [4.69, 9.17) is 4.74 Å². The quantitative estimate of drug-likeness (QED) is 0.795. The van der Waals surface area contributed by atoms with Crippen molar-refractivity contribution in [3.8, 4) is 5.75 Å². The number of rotatable bonds is 3. The van der Waals surface area contributed by atoms with Gasteiger partial charge in [-0.15, -0.1) is 13.2 Å². The Kier molecular flexibility index (Phi) is 4.04. The van der Waals surface area contributed by atoms with E-state index in [1.54, 1.807) is 6.92 Å². The zero-order valence-electron chi connectivity index (χ0n) is 11.0. The molecule has 0 amide bonds. The highest BCUT2D eigenvalue weighted by molar-refractivity contribution is 6.04. The van der Waals surface area contributed by atoms with Crippen molar-refractivity contribution in [2.75, 3.05) is 6.61 Å². The van der Waals surface area contributed by atoms with Gasteiger partial charge in [-0.25, -0.2) is 0 Å². The van der Waals surface area contributed by atoms with E-state index >= 15 is 0 Å². The third-order valence-electron chi connectivity index (χ3n) is 3.31. The number of alkyl halides is 3. The summed E-state index contributed by atoms with van der Waals surface area (Å²) in [5, 5.41) is 0. The predicted octanol–water partition coefficient (Wildman–Crippen LogP) is 3.73. The Morgan fingerprint density at radius 3 is 2.60 bits per heavy atom. The van der Waals surface area contributed by atoms with E-state index in [0.717, 1.165) is 18.9 Å². The van der Waals surface area contributed by atoms with Gasteiger partial charge in [-0.05, 0) is 38.3 Å². The molecule has 1 atom stereocenters. The number of halogens is 3. The van der Waals surface area contributed by atoms with Crippen molar-refractivity contribution in [1.29, 1.82) is 0 Å². The summed E-state index contributed by atoms with van der Waals surface area (Å²) >= 11 is 0. The maximum atomic E-state index is 12.5. The molecule has 1 aromatic rings. The molecule has 110 valence electrons. The molecule has 0 N–H and O–H groups in total. The number of ketones is 1. The van der Waals surface area contributed by atoms with Gasteiger partial charge >= 0.3 is 6.36 Å². The summed E-state index contributed by atoms with van der Waals surface area (Å²) in [5.74, 6) is -0.961. The number of carbonyl (C=O) groups is 1. The SMILES string of the molecule is CC1(C(=O)c2ccccc2OC(F)(F)F)CCCCO1. The van der Waals surface area contributed by atoms with Crippen LogP contribution in [0.15, 0.2) is 24.3 Å². The first-order chi connectivity index (χ1) is 9.32. The van der Waals surface area contributed by atoms with Crippen LogP contribution in [0.25, 0.3) is 0 Å². The van der Waals surface area contributed by atoms with Crippen molar-refractivity contribution < 1.29 is 27.4 Å². The topological polar surface area (TPSA) is 35.5 Å². The lowest BCUT2D eigenvalue weighted by Gasteiger charge is -2.32. The average molecular weight is 288 g/mol. The highest BCUT2D eigenvalue weighted by Gasteiger charge is 2.39. The largest absolute Gasteiger partial charge is 0.573 e. The molecule has 0 bridgehead atoms. The second-order valence-electron chi connectivity index (χ2n) is 4.91. The summed E-state index contributed by atoms with van der Waals surface area (Å²) in [5.41, 5.74) is -1.18. The molecule has 0 aromatic heterocycles. The lowest BCUT2D eigenvalue weighted by molar-refractivity contribution is -0.274. The number of hydrogen-bond acceptors (Lipinski definition) is 3. The molecule has 3 nitrogen and oxygen atoms in total. The Morgan fingerprint density at radius 1 is 1.30 bits per heavy atom. The first-order valence-corrected chi connectivity index (χ1v) is 6.35. The van der Waals surface area contributed by atoms with Gasteiger partial charge in [0, 0.05) is 6.61 Å². The summed E-state index contributed by atoms with van der Waals surface area (Å²) in [6, 6.07) is 5.35. The number of para-hydroxylation sites is 1. The predicted molar refractivity (Wildman–Crippen MR) is 65.7 cm³/mol. The van der Waals surface area contributed by atoms with E-state index in [-0.39, 0.29) is 5.56 Å². The molecule has 0 saturated carbocycles. The Morgan fingerprint density at radius 2 is 2.00 bits per heavy atom. The highest BCUT2D eigenvalue weighted by atomic mass is 19.4. The Bertz CT molecular complexity index is 491. The number of Topliss-reactive ketones (excluding diaryl/α,β-unsaturated/α-hetero) is 1. The molecule has 0 radical (unpaired) electrons. The Labute approximate surface area is 114 Å². The lowest BCUT2D eigenvalue weighted by Crippen LogP contribution is -2.41. The molecule has 2 rings (SSSR count). The van der Waals surface area contributed by atoms with Crippen molar-refractivity contribution in [2.45, 2.75) is 38.1 Å². The number of hydrogen-bond donors (Lipinski definition) is 0. The van der Waals surface area contributed by atoms with Crippen molar-refractivity contribution in [3.63, 3.8) is 0 Å². The summed E-state index contributed by atoms with van der Waals surface area (Å²) in [7, 11) is 0. The molecule has 1 saturated heterocycles. The van der Waals surface area contributed by atoms with Crippen LogP contribution in [-0.4, -0.2) is 24.4 Å². The summed E-state index contributed by atoms with van der Waals surface area (Å²) in [6.07, 6.45) is -2.68. The van der Waals surface area contributed by atoms with Crippen molar-refractivity contribution >= 4 is 5.78 Å². The van der Waals surface area contributed by atoms with E-state index in [1.165, 1.54) is 18.2 Å². The number of carbonyl (C=O) groups excluding carboxylic acids is 1. The van der Waals surface area contributed by atoms with Crippen LogP contribution < -0.4 is 4.74 Å². The summed E-state index contributed by atoms with van der Waals surface area (Å²) in [6.45, 7) is 2.05. The molecule has 1 aliphatic heterocycles. The third-order valence-corrected chi connectivity index (χ3v) is 3.31. The zero-order valence-corrected chi connectivity index (χ0v) is 11.0. The Balaban J connectivity index is 2.30. The zero-order chi connectivity index (χ0) is 14.8. The van der Waals surface area contributed by atoms with Gasteiger partial charge in [0.25, 0.3) is 0 Å². The average Bonchev–Trinajstić information content (AvgIpc) is 2.37. The smallest absolute Gasteiger partial charge is 0.405 e. The molecule has 1 fully saturated rings. The second-order valence-corrected chi connectivity index (χ2v) is 4.91. The number of ether oxygens (including phenoxy) is 2. The van der Waals surface area contributed by atoms with E-state index < -0.39 is 23.5 Å². The van der Waals surface area contributed by atoms with Gasteiger partial charge in [-0.1, -0.05) is 12.1 Å². The van der Waals surface area contributed by atoms with Crippen LogP contribution in [0.2, 0.25) is 0 Å². The lowest BCUT2D eigenvalue weighted by atomic mass is 9.87. The maximum Gasteiger partial charge on any atom is 0.573 e. The van der Waals surface area contributed by atoms with Crippen molar-refractivity contribution in [2.24, 2.45) is 0 Å². The fraction of sp³-hybridized carbons (Fsp3) is 0.500. The maximum absolute atomic E-state index is 12.5. The van der Waals surface area contributed by atoms with Gasteiger partial charge in [0.1, 0.15) is 11.4 Å². The van der Waals surface area contributed by atoms with Crippen molar-refractivity contribution in [3.05, 3.63) is 29.8 Å². The van der Waals surface area contributed by atoms with Crippen LogP contribution in [0.1, 0.15) is 36.5 Å². The summed E-state index contributed by atoms with van der Waals surface area (Å²) < 4.78 is 46.5. The van der Waals surface area contributed by atoms with E-state index in [1.807, 2.05) is 0 Å². The Hall–Kier alpha value is -1.56. The van der Waals surface area contributed by atoms with Crippen LogP contribution in [0, 0.1) is 0 Å². The molecule has 0 aliphatic carbocycles. The fourth-order valence-electron chi connectivity index (χ4n) is 2.27. The van der Waals surface area contributed by atoms with Crippen LogP contribution in [0.5, 0.6) is 5.75 Å². The molecule has 1 aliphatic rings. The van der Waals surface area contributed by atoms with Gasteiger partial charge in [-0.3, -0.25) is 4.79 Å². The van der Waals surface area contributed by atoms with Gasteiger partial charge in [0.2, 0.25) is 0 Å². The van der Waals surface area contributed by atoms with Crippen LogP contribution in [0.4, 0.5) is 13.2 Å². The monoisotopic (exact) mass is 288 g/mol. The van der Waals surface area contributed by atoms with Crippen LogP contribution in [0.3, 0.4) is 0 Å². The molecule has 1 unspecified atom stereocenters. The van der Waals surface area contributed by atoms with Gasteiger partial charge in [0.15, 0.2) is 5.78 Å². The van der Waals surface area contributed by atoms with Gasteiger partial charge in [0.05, 0.1) is 5.56 Å². The minimum absolute atomic E-state index is 0.103. The molecule has 20 heavy (non-hydrogen) atoms. The van der Waals surface area contributed by atoms with E-state index in [0.29, 0.717) is 13.0 Å². The molecular formula is C14H15F3O3. The first kappa shape index (κ1) is 14.8. The minimum Gasteiger partial charge on any atom is -0.405 e. The standard InChI is InChI=1S/C14H15F3O3/c1-13(8-4-5-9-19-13)12(18)10-6-2-3-7-11(10)20-14(15,16)17/h2-3,6-7H,4-5,8-9H2,1H3. The van der Waals surface area contributed by atoms with Crippen LogP contribution in [-0.2, 0) is 4.74 Å². The second kappa shape index (κ2) is 5.44. The van der Waals surface area contributed by atoms with Gasteiger partial charge in [-0.2, -0.15) is 0 Å². The van der Waals surface area contributed by atoms with Gasteiger partial charge < -0.3 is 9.47 Å². The molecular weight excluding hydrogens is 273 g/mol. The molecule has 1 aromatic carbocycles. The molecule has 0 spiro atoms. The minimum atomic E-state index is -4.83.